The van der Waals surface area contributed by atoms with Crippen LogP contribution in [-0.2, 0) is 30.3 Å². The number of phosphoric acid groups is 1. The van der Waals surface area contributed by atoms with Gasteiger partial charge in [-0.25, -0.2) is 13.0 Å². The van der Waals surface area contributed by atoms with Gasteiger partial charge < -0.3 is 31.5 Å². The SMILES string of the molecule is CC1CNc2c(cccc2S(=O)(=O)N[C@@H](CCCN=C(N)N)C(=O)N2CCCCC2OP(=O)(O)O)C1. The largest absolute Gasteiger partial charge is 0.471 e. The van der Waals surface area contributed by atoms with Gasteiger partial charge in [0.15, 0.2) is 5.96 Å². The third-order valence-electron chi connectivity index (χ3n) is 6.13. The van der Waals surface area contributed by atoms with Gasteiger partial charge in [-0.05, 0) is 56.1 Å². The summed E-state index contributed by atoms with van der Waals surface area (Å²) < 4.78 is 45.8. The highest BCUT2D eigenvalue weighted by atomic mass is 32.2. The number of nitrogens with zero attached hydrogens (tertiary/aromatic N) is 2. The molecule has 3 atom stereocenters. The van der Waals surface area contributed by atoms with E-state index in [4.69, 9.17) is 16.0 Å². The summed E-state index contributed by atoms with van der Waals surface area (Å²) in [6, 6.07) is 3.79. The minimum atomic E-state index is -4.87. The molecule has 2 unspecified atom stereocenters. The second kappa shape index (κ2) is 11.9. The second-order valence-electron chi connectivity index (χ2n) is 9.18. The van der Waals surface area contributed by atoms with Gasteiger partial charge in [0, 0.05) is 19.6 Å². The average molecular weight is 547 g/mol. The zero-order chi connectivity index (χ0) is 26.5. The van der Waals surface area contributed by atoms with Crippen LogP contribution in [0.1, 0.15) is 44.6 Å². The normalized spacial score (nSPS) is 21.2. The monoisotopic (exact) mass is 546 g/mol. The molecule has 1 saturated heterocycles. The van der Waals surface area contributed by atoms with E-state index in [9.17, 15) is 27.6 Å². The Bertz CT molecular complexity index is 1120. The number of aliphatic imine (C=N–C) groups is 1. The molecule has 15 heteroatoms. The van der Waals surface area contributed by atoms with Crippen molar-refractivity contribution in [3.8, 4) is 0 Å². The molecule has 0 bridgehead atoms. The highest BCUT2D eigenvalue weighted by Crippen LogP contribution is 2.40. The van der Waals surface area contributed by atoms with Crippen molar-refractivity contribution in [1.29, 1.82) is 0 Å². The van der Waals surface area contributed by atoms with E-state index in [1.165, 1.54) is 11.0 Å². The van der Waals surface area contributed by atoms with E-state index in [2.05, 4.69) is 22.0 Å². The number of guanidine groups is 1. The molecule has 0 radical (unpaired) electrons. The summed E-state index contributed by atoms with van der Waals surface area (Å²) in [5, 5.41) is 3.18. The van der Waals surface area contributed by atoms with Crippen LogP contribution in [0, 0.1) is 5.92 Å². The quantitative estimate of drug-likeness (QED) is 0.103. The Balaban J connectivity index is 1.87. The Morgan fingerprint density at radius 3 is 2.81 bits per heavy atom. The minimum Gasteiger partial charge on any atom is -0.383 e. The van der Waals surface area contributed by atoms with Gasteiger partial charge in [0.05, 0.1) is 5.69 Å². The van der Waals surface area contributed by atoms with Crippen molar-refractivity contribution in [2.75, 3.05) is 25.0 Å². The summed E-state index contributed by atoms with van der Waals surface area (Å²) >= 11 is 0. The molecule has 36 heavy (non-hydrogen) atoms. The van der Waals surface area contributed by atoms with Gasteiger partial charge in [-0.3, -0.25) is 14.3 Å². The number of hydrogen-bond donors (Lipinski definition) is 6. The number of rotatable bonds is 10. The second-order valence-corrected chi connectivity index (χ2v) is 12.1. The minimum absolute atomic E-state index is 0.0376. The van der Waals surface area contributed by atoms with Crippen LogP contribution in [0.2, 0.25) is 0 Å². The fourth-order valence-electron chi connectivity index (χ4n) is 4.50. The summed E-state index contributed by atoms with van der Waals surface area (Å²) in [6.45, 7) is 3.04. The van der Waals surface area contributed by atoms with Crippen molar-refractivity contribution in [2.24, 2.45) is 22.4 Å². The lowest BCUT2D eigenvalue weighted by Gasteiger charge is -2.37. The van der Waals surface area contributed by atoms with Gasteiger partial charge >= 0.3 is 7.82 Å². The molecule has 0 saturated carbocycles. The number of phosphoric ester groups is 1. The van der Waals surface area contributed by atoms with Crippen LogP contribution in [-0.4, -0.2) is 66.9 Å². The number of para-hydroxylation sites is 1. The molecule has 0 aromatic heterocycles. The maximum atomic E-state index is 13.5. The maximum Gasteiger partial charge on any atom is 0.471 e. The molecule has 1 amide bonds. The Morgan fingerprint density at radius 2 is 2.11 bits per heavy atom. The van der Waals surface area contributed by atoms with E-state index in [0.29, 0.717) is 31.0 Å². The van der Waals surface area contributed by atoms with Crippen LogP contribution in [0.15, 0.2) is 28.1 Å². The number of likely N-dealkylation sites (tertiary alicyclic amines) is 1. The van der Waals surface area contributed by atoms with Crippen LogP contribution in [0.4, 0.5) is 5.69 Å². The molecular weight excluding hydrogens is 511 g/mol. The maximum absolute atomic E-state index is 13.5. The van der Waals surface area contributed by atoms with Crippen molar-refractivity contribution in [1.82, 2.24) is 9.62 Å². The number of carbonyl (C=O) groups is 1. The molecule has 3 rings (SSSR count). The molecule has 1 aromatic carbocycles. The topological polar surface area (TPSA) is 210 Å². The molecule has 2 aliphatic rings. The fraction of sp³-hybridized carbons (Fsp3) is 0.619. The van der Waals surface area contributed by atoms with Crippen molar-refractivity contribution >= 4 is 35.4 Å². The van der Waals surface area contributed by atoms with Crippen LogP contribution in [0.3, 0.4) is 0 Å². The van der Waals surface area contributed by atoms with E-state index < -0.39 is 36.0 Å². The number of sulfonamides is 1. The number of nitrogens with two attached hydrogens (primary N) is 2. The van der Waals surface area contributed by atoms with E-state index in [0.717, 1.165) is 12.0 Å². The third kappa shape index (κ3) is 7.64. The first kappa shape index (κ1) is 28.4. The van der Waals surface area contributed by atoms with Crippen molar-refractivity contribution < 1.29 is 32.1 Å². The predicted octanol–water partition coefficient (Wildman–Crippen LogP) is 0.439. The summed E-state index contributed by atoms with van der Waals surface area (Å²) in [4.78, 5) is 37.2. The van der Waals surface area contributed by atoms with Crippen LogP contribution in [0.25, 0.3) is 0 Å². The summed E-state index contributed by atoms with van der Waals surface area (Å²) in [6.07, 6.45) is 1.33. The number of amides is 1. The van der Waals surface area contributed by atoms with Gasteiger partial charge in [0.25, 0.3) is 0 Å². The van der Waals surface area contributed by atoms with Gasteiger partial charge in [0.1, 0.15) is 17.2 Å². The Kier molecular flexibility index (Phi) is 9.36. The first-order valence-corrected chi connectivity index (χ1v) is 14.9. The van der Waals surface area contributed by atoms with Crippen LogP contribution >= 0.6 is 7.82 Å². The molecule has 1 aromatic rings. The van der Waals surface area contributed by atoms with E-state index in [-0.39, 0.29) is 43.2 Å². The first-order valence-electron chi connectivity index (χ1n) is 11.9. The van der Waals surface area contributed by atoms with Crippen LogP contribution in [0.5, 0.6) is 0 Å². The van der Waals surface area contributed by atoms with Crippen molar-refractivity contribution in [2.45, 2.75) is 62.6 Å². The zero-order valence-electron chi connectivity index (χ0n) is 20.2. The molecule has 0 aliphatic carbocycles. The number of hydrogen-bond acceptors (Lipinski definition) is 7. The van der Waals surface area contributed by atoms with Crippen molar-refractivity contribution in [3.63, 3.8) is 0 Å². The lowest BCUT2D eigenvalue weighted by atomic mass is 9.96. The Hall–Kier alpha value is -2.22. The number of piperidine rings is 1. The first-order chi connectivity index (χ1) is 16.9. The molecule has 0 spiro atoms. The number of carbonyl (C=O) groups excluding carboxylic acids is 1. The van der Waals surface area contributed by atoms with E-state index in [1.54, 1.807) is 6.07 Å². The highest BCUT2D eigenvalue weighted by Gasteiger charge is 2.37. The van der Waals surface area contributed by atoms with Gasteiger partial charge in [0.2, 0.25) is 15.9 Å². The highest BCUT2D eigenvalue weighted by molar-refractivity contribution is 7.89. The molecule has 202 valence electrons. The Labute approximate surface area is 211 Å². The zero-order valence-corrected chi connectivity index (χ0v) is 21.9. The number of fused-ring (bicyclic) bond motifs is 1. The van der Waals surface area contributed by atoms with Gasteiger partial charge in [-0.1, -0.05) is 19.1 Å². The summed E-state index contributed by atoms with van der Waals surface area (Å²) in [7, 11) is -9.02. The molecule has 13 nitrogen and oxygen atoms in total. The summed E-state index contributed by atoms with van der Waals surface area (Å²) in [5.74, 6) is -0.410. The average Bonchev–Trinajstić information content (AvgIpc) is 2.79. The molecule has 2 aliphatic heterocycles. The smallest absolute Gasteiger partial charge is 0.383 e. The van der Waals surface area contributed by atoms with Crippen LogP contribution < -0.4 is 21.5 Å². The van der Waals surface area contributed by atoms with E-state index >= 15 is 0 Å². The summed E-state index contributed by atoms with van der Waals surface area (Å²) in [5.41, 5.74) is 12.1. The lowest BCUT2D eigenvalue weighted by Crippen LogP contribution is -2.54. The van der Waals surface area contributed by atoms with E-state index in [1.807, 2.05) is 6.07 Å². The van der Waals surface area contributed by atoms with Crippen molar-refractivity contribution in [3.05, 3.63) is 23.8 Å². The predicted molar refractivity (Wildman–Crippen MR) is 134 cm³/mol. The van der Waals surface area contributed by atoms with Gasteiger partial charge in [-0.2, -0.15) is 4.72 Å². The number of anilines is 1. The lowest BCUT2D eigenvalue weighted by molar-refractivity contribution is -0.145. The third-order valence-corrected chi connectivity index (χ3v) is 8.16. The fourth-order valence-corrected chi connectivity index (χ4v) is 6.49. The molecular formula is C21H35N6O7PS. The standard InChI is InChI=1S/C21H35N6O7PS/c1-14-12-15-6-4-8-17(19(15)25-13-14)36(32,33)26-16(7-5-10-24-21(22)23)20(28)27-11-3-2-9-18(27)34-35(29,30)31/h4,6,8,14,16,18,25-26H,2-3,5,7,9-13H2,1H3,(H4,22,23,24)(H2,29,30,31)/t14?,16-,18?/m0/s1. The number of nitrogens with one attached hydrogen (secondary N) is 2. The molecule has 1 fully saturated rings. The number of benzene rings is 1. The van der Waals surface area contributed by atoms with Gasteiger partial charge in [-0.15, -0.1) is 0 Å². The molecule has 8 N–H and O–H groups in total. The Morgan fingerprint density at radius 1 is 1.36 bits per heavy atom. The molecule has 2 heterocycles.